The lowest BCUT2D eigenvalue weighted by Gasteiger charge is -2.47. The van der Waals surface area contributed by atoms with Gasteiger partial charge in [0.1, 0.15) is 5.69 Å². The van der Waals surface area contributed by atoms with Gasteiger partial charge in [0.25, 0.3) is 0 Å². The molecule has 1 saturated carbocycles. The van der Waals surface area contributed by atoms with Crippen LogP contribution < -0.4 is 0 Å². The molecule has 19 heavy (non-hydrogen) atoms. The van der Waals surface area contributed by atoms with Crippen LogP contribution in [0.25, 0.3) is 0 Å². The van der Waals surface area contributed by atoms with Crippen molar-refractivity contribution in [1.82, 2.24) is 9.88 Å². The highest BCUT2D eigenvalue weighted by molar-refractivity contribution is 5.87. The first-order valence-corrected chi connectivity index (χ1v) is 6.60. The lowest BCUT2D eigenvalue weighted by Crippen LogP contribution is -2.62. The van der Waals surface area contributed by atoms with Crippen LogP contribution in [0.5, 0.6) is 0 Å². The largest absolute Gasteiger partial charge is 0.464 e. The Bertz CT molecular complexity index is 493. The first-order chi connectivity index (χ1) is 9.10. The zero-order valence-electron chi connectivity index (χ0n) is 11.0. The summed E-state index contributed by atoms with van der Waals surface area (Å²) in [6.45, 7) is 2.09. The van der Waals surface area contributed by atoms with Gasteiger partial charge in [0.05, 0.1) is 18.4 Å². The van der Waals surface area contributed by atoms with E-state index in [1.165, 1.54) is 7.11 Å². The number of aromatic nitrogens is 1. The molecular formula is C14H18N2O3. The quantitative estimate of drug-likeness (QED) is 0.814. The molecule has 0 spiro atoms. The highest BCUT2D eigenvalue weighted by Gasteiger charge is 2.51. The van der Waals surface area contributed by atoms with E-state index in [4.69, 9.17) is 0 Å². The Hall–Kier alpha value is -1.46. The minimum Gasteiger partial charge on any atom is -0.464 e. The Morgan fingerprint density at radius 2 is 2.26 bits per heavy atom. The molecule has 1 aromatic heterocycles. The van der Waals surface area contributed by atoms with Crippen LogP contribution in [-0.4, -0.2) is 46.8 Å². The maximum atomic E-state index is 11.4. The van der Waals surface area contributed by atoms with E-state index in [2.05, 4.69) is 14.6 Å². The topological polar surface area (TPSA) is 62.7 Å². The Morgan fingerprint density at radius 1 is 1.53 bits per heavy atom. The van der Waals surface area contributed by atoms with Crippen LogP contribution in [0.4, 0.5) is 0 Å². The first-order valence-electron chi connectivity index (χ1n) is 6.60. The summed E-state index contributed by atoms with van der Waals surface area (Å²) in [5.74, 6) is 0.0815. The van der Waals surface area contributed by atoms with Gasteiger partial charge in [0, 0.05) is 19.6 Å². The summed E-state index contributed by atoms with van der Waals surface area (Å²) in [5.41, 5.74) is 0.693. The third kappa shape index (κ3) is 2.48. The van der Waals surface area contributed by atoms with Crippen molar-refractivity contribution in [3.63, 3.8) is 0 Å². The normalized spacial score (nSPS) is 21.8. The maximum absolute atomic E-state index is 11.4. The second-order valence-corrected chi connectivity index (χ2v) is 5.53. The fraction of sp³-hybridized carbons (Fsp3) is 0.571. The molecule has 1 aliphatic heterocycles. The van der Waals surface area contributed by atoms with Gasteiger partial charge in [-0.2, -0.15) is 0 Å². The number of nitrogens with zero attached hydrogens (tertiary/aromatic N) is 2. The predicted octanol–water partition coefficient (Wildman–Crippen LogP) is 0.825. The molecule has 2 aliphatic rings. The van der Waals surface area contributed by atoms with Crippen molar-refractivity contribution >= 4 is 5.97 Å². The zero-order valence-corrected chi connectivity index (χ0v) is 11.0. The highest BCUT2D eigenvalue weighted by Crippen LogP contribution is 2.44. The molecule has 2 fully saturated rings. The van der Waals surface area contributed by atoms with E-state index in [0.717, 1.165) is 18.5 Å². The zero-order chi connectivity index (χ0) is 13.5. The van der Waals surface area contributed by atoms with E-state index < -0.39 is 11.6 Å². The molecule has 1 saturated heterocycles. The predicted molar refractivity (Wildman–Crippen MR) is 68.5 cm³/mol. The molecule has 102 valence electrons. The summed E-state index contributed by atoms with van der Waals surface area (Å²) in [6.07, 6.45) is 2.31. The standard InChI is InChI=1S/C14H18N2O3/c1-19-13(17)12-4-2-3-11(15-12)7-16-8-14(18,9-16)10-5-6-10/h2-4,10,18H,5-9H2,1H3. The lowest BCUT2D eigenvalue weighted by atomic mass is 9.88. The minimum absolute atomic E-state index is 0.331. The number of carbonyl (C=O) groups is 1. The van der Waals surface area contributed by atoms with Gasteiger partial charge in [-0.25, -0.2) is 9.78 Å². The molecule has 0 unspecified atom stereocenters. The van der Waals surface area contributed by atoms with Gasteiger partial charge in [-0.1, -0.05) is 6.07 Å². The monoisotopic (exact) mass is 262 g/mol. The van der Waals surface area contributed by atoms with Crippen LogP contribution in [0.15, 0.2) is 18.2 Å². The number of hydrogen-bond donors (Lipinski definition) is 1. The molecule has 0 bridgehead atoms. The molecule has 1 aromatic rings. The number of esters is 1. The molecule has 3 rings (SSSR count). The van der Waals surface area contributed by atoms with E-state index >= 15 is 0 Å². The maximum Gasteiger partial charge on any atom is 0.356 e. The van der Waals surface area contributed by atoms with Crippen molar-refractivity contribution in [2.45, 2.75) is 25.0 Å². The van der Waals surface area contributed by atoms with E-state index in [-0.39, 0.29) is 0 Å². The van der Waals surface area contributed by atoms with Gasteiger partial charge in [-0.3, -0.25) is 4.90 Å². The van der Waals surface area contributed by atoms with E-state index in [1.54, 1.807) is 6.07 Å². The second kappa shape index (κ2) is 4.58. The van der Waals surface area contributed by atoms with Gasteiger partial charge >= 0.3 is 5.97 Å². The molecule has 5 heteroatoms. The number of hydrogen-bond acceptors (Lipinski definition) is 5. The summed E-state index contributed by atoms with van der Waals surface area (Å²) >= 11 is 0. The summed E-state index contributed by atoms with van der Waals surface area (Å²) in [7, 11) is 1.35. The average Bonchev–Trinajstić information content (AvgIpc) is 3.20. The SMILES string of the molecule is COC(=O)c1cccc(CN2CC(O)(C3CC3)C2)n1. The number of pyridine rings is 1. The van der Waals surface area contributed by atoms with Gasteiger partial charge in [0.2, 0.25) is 0 Å². The van der Waals surface area contributed by atoms with E-state index in [1.807, 2.05) is 12.1 Å². The number of β-amino-alcohol motifs (C(OH)–C–C–N with tert-alkyl or cyclic N) is 1. The molecule has 1 aliphatic carbocycles. The summed E-state index contributed by atoms with van der Waals surface area (Å²) in [4.78, 5) is 17.8. The smallest absolute Gasteiger partial charge is 0.356 e. The number of ether oxygens (including phenoxy) is 1. The molecule has 5 nitrogen and oxygen atoms in total. The van der Waals surface area contributed by atoms with Crippen molar-refractivity contribution in [2.75, 3.05) is 20.2 Å². The summed E-state index contributed by atoms with van der Waals surface area (Å²) < 4.78 is 4.65. The van der Waals surface area contributed by atoms with Crippen LogP contribution in [0.1, 0.15) is 29.0 Å². The van der Waals surface area contributed by atoms with Crippen LogP contribution in [0.3, 0.4) is 0 Å². The molecule has 0 radical (unpaired) electrons. The number of aliphatic hydroxyl groups is 1. The molecular weight excluding hydrogens is 244 g/mol. The highest BCUT2D eigenvalue weighted by atomic mass is 16.5. The fourth-order valence-electron chi connectivity index (χ4n) is 2.73. The number of methoxy groups -OCH3 is 1. The van der Waals surface area contributed by atoms with Gasteiger partial charge < -0.3 is 9.84 Å². The van der Waals surface area contributed by atoms with Crippen LogP contribution >= 0.6 is 0 Å². The number of carbonyl (C=O) groups excluding carboxylic acids is 1. The molecule has 2 heterocycles. The first kappa shape index (κ1) is 12.6. The van der Waals surface area contributed by atoms with Crippen molar-refractivity contribution in [3.8, 4) is 0 Å². The number of likely N-dealkylation sites (tertiary alicyclic amines) is 1. The molecule has 0 atom stereocenters. The third-order valence-corrected chi connectivity index (χ3v) is 3.92. The van der Waals surface area contributed by atoms with Crippen molar-refractivity contribution in [2.24, 2.45) is 5.92 Å². The Balaban J connectivity index is 1.60. The van der Waals surface area contributed by atoms with Crippen LogP contribution in [0.2, 0.25) is 0 Å². The second-order valence-electron chi connectivity index (χ2n) is 5.53. The van der Waals surface area contributed by atoms with Gasteiger partial charge in [0.15, 0.2) is 0 Å². The Morgan fingerprint density at radius 3 is 2.89 bits per heavy atom. The summed E-state index contributed by atoms with van der Waals surface area (Å²) in [5, 5.41) is 10.2. The third-order valence-electron chi connectivity index (χ3n) is 3.92. The van der Waals surface area contributed by atoms with Crippen LogP contribution in [0, 0.1) is 5.92 Å². The summed E-state index contributed by atoms with van der Waals surface area (Å²) in [6, 6.07) is 5.34. The molecule has 1 N–H and O–H groups in total. The number of rotatable bonds is 4. The Kier molecular flexibility index (Phi) is 3.03. The van der Waals surface area contributed by atoms with Gasteiger partial charge in [-0.05, 0) is 30.9 Å². The lowest BCUT2D eigenvalue weighted by molar-refractivity contribution is -0.117. The van der Waals surface area contributed by atoms with Gasteiger partial charge in [-0.15, -0.1) is 0 Å². The molecule has 0 amide bonds. The van der Waals surface area contributed by atoms with E-state index in [9.17, 15) is 9.90 Å². The van der Waals surface area contributed by atoms with E-state index in [0.29, 0.717) is 31.2 Å². The van der Waals surface area contributed by atoms with Crippen LogP contribution in [-0.2, 0) is 11.3 Å². The van der Waals surface area contributed by atoms with Crippen molar-refractivity contribution in [3.05, 3.63) is 29.6 Å². The average molecular weight is 262 g/mol. The van der Waals surface area contributed by atoms with Crippen molar-refractivity contribution < 1.29 is 14.6 Å². The Labute approximate surface area is 112 Å². The molecule has 0 aromatic carbocycles. The minimum atomic E-state index is -0.472. The van der Waals surface area contributed by atoms with Crippen molar-refractivity contribution in [1.29, 1.82) is 0 Å². The fourth-order valence-corrected chi connectivity index (χ4v) is 2.73.